The van der Waals surface area contributed by atoms with Gasteiger partial charge in [0.25, 0.3) is 0 Å². The Morgan fingerprint density at radius 1 is 1.47 bits per heavy atom. The van der Waals surface area contributed by atoms with Gasteiger partial charge in [0.1, 0.15) is 16.1 Å². The Balaban J connectivity index is 3.04. The maximum absolute atomic E-state index is 11.9. The van der Waals surface area contributed by atoms with E-state index in [1.165, 1.54) is 0 Å². The van der Waals surface area contributed by atoms with Gasteiger partial charge in [-0.15, -0.1) is 12.6 Å². The fraction of sp³-hybridized carbons (Fsp3) is 0.429. The number of benzene rings is 1. The molecule has 1 aromatic carbocycles. The Morgan fingerprint density at radius 2 is 2.11 bits per heavy atom. The molecular weight excluding hydrogens is 278 g/mol. The molecule has 0 aromatic heterocycles. The summed E-state index contributed by atoms with van der Waals surface area (Å²) in [5.41, 5.74) is 2.71. The smallest absolute Gasteiger partial charge is 0.190 e. The summed E-state index contributed by atoms with van der Waals surface area (Å²) in [6.07, 6.45) is 1.83. The zero-order valence-corrected chi connectivity index (χ0v) is 13.3. The van der Waals surface area contributed by atoms with Gasteiger partial charge in [-0.1, -0.05) is 22.6 Å². The molecule has 0 amide bonds. The highest BCUT2D eigenvalue weighted by Crippen LogP contribution is 2.19. The molecule has 0 aliphatic carbocycles. The summed E-state index contributed by atoms with van der Waals surface area (Å²) in [6.45, 7) is 7.54. The number of thiol groups is 1. The van der Waals surface area contributed by atoms with Gasteiger partial charge in [-0.25, -0.2) is 0 Å². The molecule has 0 N–H and O–H groups in total. The third kappa shape index (κ3) is 5.01. The van der Waals surface area contributed by atoms with E-state index in [4.69, 9.17) is 0 Å². The van der Waals surface area contributed by atoms with Crippen molar-refractivity contribution >= 4 is 35.3 Å². The highest BCUT2D eigenvalue weighted by Gasteiger charge is 2.25. The minimum Gasteiger partial charge on any atom is -0.591 e. The first-order chi connectivity index (χ1) is 8.71. The normalized spacial score (nSPS) is 13.8. The van der Waals surface area contributed by atoms with Crippen molar-refractivity contribution in [2.75, 3.05) is 0 Å². The number of hydrogen-bond acceptors (Lipinski definition) is 3. The van der Waals surface area contributed by atoms with E-state index in [0.717, 1.165) is 16.7 Å². The molecule has 1 unspecified atom stereocenters. The molecule has 0 fully saturated rings. The number of carbonyl (C=O) groups excluding carboxylic acids is 1. The van der Waals surface area contributed by atoms with Gasteiger partial charge < -0.3 is 4.55 Å². The largest absolute Gasteiger partial charge is 0.591 e. The van der Waals surface area contributed by atoms with Crippen molar-refractivity contribution in [3.8, 4) is 0 Å². The van der Waals surface area contributed by atoms with Crippen molar-refractivity contribution < 1.29 is 9.35 Å². The molecule has 0 bridgehead atoms. The molecule has 0 aliphatic rings. The lowest BCUT2D eigenvalue weighted by molar-refractivity contribution is -0.110. The Bertz CT molecular complexity index is 493. The van der Waals surface area contributed by atoms with Crippen molar-refractivity contribution in [3.63, 3.8) is 0 Å². The number of aryl methyl sites for hydroxylation is 1. The van der Waals surface area contributed by atoms with Gasteiger partial charge in [-0.3, -0.25) is 4.79 Å². The number of carbonyl (C=O) groups is 1. The van der Waals surface area contributed by atoms with E-state index in [-0.39, 0.29) is 16.3 Å². The van der Waals surface area contributed by atoms with Crippen molar-refractivity contribution in [3.05, 3.63) is 34.9 Å². The standard InChI is InChI=1S/C14H19NO2S2/c1-10-6-5-7-11(12(10)8-13(16)18)9-15-19(17)14(2,3)4/h5-7,9H,8H2,1-4H3,(H,16,18). The summed E-state index contributed by atoms with van der Waals surface area (Å²) >= 11 is 2.52. The average molecular weight is 297 g/mol. The third-order valence-electron chi connectivity index (χ3n) is 2.59. The summed E-state index contributed by atoms with van der Waals surface area (Å²) < 4.78 is 15.6. The van der Waals surface area contributed by atoms with Gasteiger partial charge in [0.2, 0.25) is 0 Å². The van der Waals surface area contributed by atoms with Gasteiger partial charge >= 0.3 is 0 Å². The van der Waals surface area contributed by atoms with Crippen LogP contribution >= 0.6 is 12.6 Å². The second kappa shape index (κ2) is 6.59. The van der Waals surface area contributed by atoms with Crippen LogP contribution in [0.15, 0.2) is 22.6 Å². The molecule has 0 aliphatic heterocycles. The minimum atomic E-state index is -1.30. The first-order valence-corrected chi connectivity index (χ1v) is 7.53. The van der Waals surface area contributed by atoms with Gasteiger partial charge in [0, 0.05) is 12.0 Å². The lowest BCUT2D eigenvalue weighted by Gasteiger charge is -2.18. The molecule has 0 radical (unpaired) electrons. The van der Waals surface area contributed by atoms with Crippen LogP contribution in [0.1, 0.15) is 37.5 Å². The lowest BCUT2D eigenvalue weighted by Crippen LogP contribution is -2.25. The molecular formula is C14H19NO2S2. The highest BCUT2D eigenvalue weighted by atomic mass is 32.2. The van der Waals surface area contributed by atoms with Gasteiger partial charge in [0.15, 0.2) is 5.12 Å². The second-order valence-corrected chi connectivity index (χ2v) is 7.74. The zero-order valence-electron chi connectivity index (χ0n) is 11.6. The minimum absolute atomic E-state index is 0.194. The number of rotatable bonds is 4. The van der Waals surface area contributed by atoms with Crippen molar-refractivity contribution in [2.45, 2.75) is 38.9 Å². The van der Waals surface area contributed by atoms with E-state index in [2.05, 4.69) is 17.0 Å². The van der Waals surface area contributed by atoms with Crippen LogP contribution in [-0.4, -0.2) is 20.6 Å². The summed E-state index contributed by atoms with van der Waals surface area (Å²) in [6, 6.07) is 5.69. The predicted molar refractivity (Wildman–Crippen MR) is 84.4 cm³/mol. The molecule has 5 heteroatoms. The van der Waals surface area contributed by atoms with Crippen LogP contribution < -0.4 is 0 Å². The lowest BCUT2D eigenvalue weighted by atomic mass is 10.0. The van der Waals surface area contributed by atoms with E-state index in [0.29, 0.717) is 0 Å². The topological polar surface area (TPSA) is 52.5 Å². The zero-order chi connectivity index (χ0) is 14.6. The molecule has 3 nitrogen and oxygen atoms in total. The fourth-order valence-electron chi connectivity index (χ4n) is 1.50. The van der Waals surface area contributed by atoms with Gasteiger partial charge in [-0.2, -0.15) is 0 Å². The Kier molecular flexibility index (Phi) is 5.64. The Hall–Kier alpha value is -0.780. The SMILES string of the molecule is Cc1cccc(C=N[S+]([O-])C(C)(C)C)c1CC(=O)S. The first kappa shape index (κ1) is 16.3. The van der Waals surface area contributed by atoms with E-state index in [9.17, 15) is 9.35 Å². The first-order valence-electron chi connectivity index (χ1n) is 5.98. The van der Waals surface area contributed by atoms with E-state index < -0.39 is 11.4 Å². The molecule has 19 heavy (non-hydrogen) atoms. The molecule has 0 spiro atoms. The predicted octanol–water partition coefficient (Wildman–Crippen LogP) is 2.88. The average Bonchev–Trinajstić information content (AvgIpc) is 2.27. The Morgan fingerprint density at radius 3 is 2.63 bits per heavy atom. The Labute approximate surface area is 123 Å². The maximum atomic E-state index is 11.9. The fourth-order valence-corrected chi connectivity index (χ4v) is 2.19. The van der Waals surface area contributed by atoms with Gasteiger partial charge in [-0.05, 0) is 38.8 Å². The van der Waals surface area contributed by atoms with E-state index in [1.54, 1.807) is 6.21 Å². The molecule has 0 heterocycles. The molecule has 1 atom stereocenters. The number of nitrogens with zero attached hydrogens (tertiary/aromatic N) is 1. The highest BCUT2D eigenvalue weighted by molar-refractivity contribution is 7.96. The van der Waals surface area contributed by atoms with Crippen LogP contribution in [0.4, 0.5) is 0 Å². The third-order valence-corrected chi connectivity index (χ3v) is 4.09. The van der Waals surface area contributed by atoms with Crippen molar-refractivity contribution in [1.82, 2.24) is 0 Å². The van der Waals surface area contributed by atoms with Crippen LogP contribution in [0.3, 0.4) is 0 Å². The summed E-state index contributed by atoms with van der Waals surface area (Å²) in [5.74, 6) is 0. The monoisotopic (exact) mass is 297 g/mol. The summed E-state index contributed by atoms with van der Waals surface area (Å²) in [5, 5.41) is -0.194. The van der Waals surface area contributed by atoms with Crippen LogP contribution in [0.25, 0.3) is 0 Å². The molecule has 1 aromatic rings. The molecule has 0 saturated heterocycles. The van der Waals surface area contributed by atoms with E-state index >= 15 is 0 Å². The molecule has 1 rings (SSSR count). The quantitative estimate of drug-likeness (QED) is 0.528. The second-order valence-electron chi connectivity index (χ2n) is 5.31. The van der Waals surface area contributed by atoms with Crippen LogP contribution in [0.2, 0.25) is 0 Å². The van der Waals surface area contributed by atoms with Gasteiger partial charge in [0.05, 0.1) is 6.21 Å². The van der Waals surface area contributed by atoms with Crippen LogP contribution in [0, 0.1) is 6.92 Å². The van der Waals surface area contributed by atoms with Crippen molar-refractivity contribution in [1.29, 1.82) is 0 Å². The summed E-state index contributed by atoms with van der Waals surface area (Å²) in [7, 11) is 0. The van der Waals surface area contributed by atoms with E-state index in [1.807, 2.05) is 45.9 Å². The number of hydrogen-bond donors (Lipinski definition) is 1. The van der Waals surface area contributed by atoms with Crippen molar-refractivity contribution in [2.24, 2.45) is 4.40 Å². The maximum Gasteiger partial charge on any atom is 0.190 e. The molecule has 104 valence electrons. The molecule has 0 saturated carbocycles. The van der Waals surface area contributed by atoms with Crippen LogP contribution in [0.5, 0.6) is 0 Å². The van der Waals surface area contributed by atoms with Crippen LogP contribution in [-0.2, 0) is 22.6 Å². The summed E-state index contributed by atoms with van der Waals surface area (Å²) in [4.78, 5) is 11.2.